The predicted octanol–water partition coefficient (Wildman–Crippen LogP) is -0.105. The van der Waals surface area contributed by atoms with Gasteiger partial charge in [0.15, 0.2) is 12.2 Å². The lowest BCUT2D eigenvalue weighted by Gasteiger charge is -2.46. The van der Waals surface area contributed by atoms with Crippen LogP contribution in [0.15, 0.2) is 0 Å². The van der Waals surface area contributed by atoms with Crippen LogP contribution in [-0.4, -0.2) is 94.3 Å². The third-order valence-electron chi connectivity index (χ3n) is 4.20. The minimum Gasteiger partial charge on any atom is -0.461 e. The zero-order valence-corrected chi connectivity index (χ0v) is 18.2. The van der Waals surface area contributed by atoms with Crippen LogP contribution in [0, 0.1) is 0 Å². The smallest absolute Gasteiger partial charge is 0.303 e. The lowest BCUT2D eigenvalue weighted by atomic mass is 9.95. The Balaban J connectivity index is 6.50. The van der Waals surface area contributed by atoms with Gasteiger partial charge in [-0.15, -0.1) is 0 Å². The number of nitrogens with zero attached hydrogens (tertiary/aromatic N) is 1. The van der Waals surface area contributed by atoms with E-state index in [9.17, 15) is 19.2 Å². The Morgan fingerprint density at radius 3 is 1.79 bits per heavy atom. The standard InChI is InChI=1S/C18H31NO10/c1-11(20)19(5)18(26-8,10-27-12(2)21)17(29-14(4)23)16(25-7)15(9-24-6)28-13(3)22/h15-17H,9-10H2,1-8H3/t15-,16+,17+,18+/m1/s1. The van der Waals surface area contributed by atoms with Crippen molar-refractivity contribution in [3.63, 3.8) is 0 Å². The third-order valence-corrected chi connectivity index (χ3v) is 4.20. The fraction of sp³-hybridized carbons (Fsp3) is 0.778. The first-order valence-electron chi connectivity index (χ1n) is 8.75. The van der Waals surface area contributed by atoms with Crippen LogP contribution in [-0.2, 0) is 47.6 Å². The molecule has 0 aromatic heterocycles. The molecule has 1 amide bonds. The van der Waals surface area contributed by atoms with Crippen molar-refractivity contribution < 1.29 is 47.6 Å². The summed E-state index contributed by atoms with van der Waals surface area (Å²) in [6.07, 6.45) is -3.53. The van der Waals surface area contributed by atoms with E-state index in [0.717, 1.165) is 11.8 Å². The monoisotopic (exact) mass is 421 g/mol. The van der Waals surface area contributed by atoms with Crippen LogP contribution in [0.4, 0.5) is 0 Å². The van der Waals surface area contributed by atoms with Crippen LogP contribution >= 0.6 is 0 Å². The quantitative estimate of drug-likeness (QED) is 0.239. The third kappa shape index (κ3) is 7.59. The van der Waals surface area contributed by atoms with Crippen molar-refractivity contribution in [1.82, 2.24) is 4.90 Å². The van der Waals surface area contributed by atoms with Gasteiger partial charge in [-0.1, -0.05) is 0 Å². The molecule has 0 aliphatic rings. The molecular weight excluding hydrogens is 390 g/mol. The van der Waals surface area contributed by atoms with Crippen molar-refractivity contribution in [2.24, 2.45) is 0 Å². The molecule has 0 aromatic carbocycles. The van der Waals surface area contributed by atoms with Crippen LogP contribution in [0.2, 0.25) is 0 Å². The van der Waals surface area contributed by atoms with Crippen LogP contribution in [0.1, 0.15) is 27.7 Å². The Hall–Kier alpha value is -2.24. The van der Waals surface area contributed by atoms with Gasteiger partial charge in [-0.2, -0.15) is 0 Å². The van der Waals surface area contributed by atoms with Crippen molar-refractivity contribution in [2.45, 2.75) is 51.7 Å². The molecule has 0 saturated heterocycles. The van der Waals surface area contributed by atoms with E-state index < -0.39 is 54.5 Å². The van der Waals surface area contributed by atoms with Crippen LogP contribution in [0.5, 0.6) is 0 Å². The van der Waals surface area contributed by atoms with Gasteiger partial charge < -0.3 is 33.3 Å². The predicted molar refractivity (Wildman–Crippen MR) is 98.6 cm³/mol. The SMILES string of the molecule is COC[C@@H](OC(C)=O)[C@H](OC)[C@H](OC(C)=O)[C@](COC(C)=O)(OC)N(C)C(C)=O. The molecule has 0 unspecified atom stereocenters. The minimum absolute atomic E-state index is 0.104. The van der Waals surface area contributed by atoms with E-state index in [1.165, 1.54) is 49.1 Å². The van der Waals surface area contributed by atoms with Gasteiger partial charge in [0, 0.05) is 56.1 Å². The summed E-state index contributed by atoms with van der Waals surface area (Å²) < 4.78 is 32.0. The van der Waals surface area contributed by atoms with Crippen LogP contribution in [0.3, 0.4) is 0 Å². The molecule has 0 fully saturated rings. The number of carbonyl (C=O) groups is 4. The van der Waals surface area contributed by atoms with E-state index in [2.05, 4.69) is 0 Å². The number of rotatable bonds is 12. The highest BCUT2D eigenvalue weighted by molar-refractivity contribution is 5.74. The zero-order chi connectivity index (χ0) is 22.8. The number of ether oxygens (including phenoxy) is 6. The maximum atomic E-state index is 12.2. The molecule has 11 heteroatoms. The van der Waals surface area contributed by atoms with Gasteiger partial charge in [0.25, 0.3) is 0 Å². The molecular formula is C18H31NO10. The number of esters is 3. The van der Waals surface area contributed by atoms with Crippen LogP contribution in [0.25, 0.3) is 0 Å². The first-order chi connectivity index (χ1) is 13.5. The average molecular weight is 421 g/mol. The van der Waals surface area contributed by atoms with Gasteiger partial charge in [-0.25, -0.2) is 0 Å². The molecule has 0 bridgehead atoms. The number of methoxy groups -OCH3 is 3. The fourth-order valence-corrected chi connectivity index (χ4v) is 2.79. The lowest BCUT2D eigenvalue weighted by molar-refractivity contribution is -0.257. The highest BCUT2D eigenvalue weighted by Crippen LogP contribution is 2.30. The van der Waals surface area contributed by atoms with Gasteiger partial charge in [0.1, 0.15) is 12.7 Å². The second-order valence-electron chi connectivity index (χ2n) is 6.24. The van der Waals surface area contributed by atoms with E-state index in [0.29, 0.717) is 0 Å². The first-order valence-corrected chi connectivity index (χ1v) is 8.75. The van der Waals surface area contributed by atoms with Gasteiger partial charge >= 0.3 is 17.9 Å². The summed E-state index contributed by atoms with van der Waals surface area (Å²) in [6.45, 7) is 4.19. The molecule has 0 spiro atoms. The number of likely N-dealkylation sites (N-methyl/N-ethyl adjacent to an activating group) is 1. The summed E-state index contributed by atoms with van der Waals surface area (Å²) in [5.74, 6) is -2.47. The molecule has 168 valence electrons. The minimum atomic E-state index is -1.78. The van der Waals surface area contributed by atoms with E-state index in [1.807, 2.05) is 0 Å². The molecule has 0 N–H and O–H groups in total. The lowest BCUT2D eigenvalue weighted by Crippen LogP contribution is -2.67. The number of hydrogen-bond acceptors (Lipinski definition) is 10. The topological polar surface area (TPSA) is 127 Å². The van der Waals surface area contributed by atoms with E-state index in [-0.39, 0.29) is 6.61 Å². The van der Waals surface area contributed by atoms with Crippen molar-refractivity contribution in [3.05, 3.63) is 0 Å². The highest BCUT2D eigenvalue weighted by atomic mass is 16.6. The second kappa shape index (κ2) is 12.3. The molecule has 0 aromatic rings. The maximum absolute atomic E-state index is 12.2. The number of carbonyl (C=O) groups excluding carboxylic acids is 4. The molecule has 0 heterocycles. The Labute approximate surface area is 170 Å². The molecule has 11 nitrogen and oxygen atoms in total. The Morgan fingerprint density at radius 1 is 0.897 bits per heavy atom. The summed E-state index contributed by atoms with van der Waals surface area (Å²) >= 11 is 0. The van der Waals surface area contributed by atoms with Crippen molar-refractivity contribution in [3.8, 4) is 0 Å². The van der Waals surface area contributed by atoms with Crippen molar-refractivity contribution in [2.75, 3.05) is 41.6 Å². The Kier molecular flexibility index (Phi) is 11.4. The molecule has 4 atom stereocenters. The summed E-state index contributed by atoms with van der Waals surface area (Å²) in [7, 11) is 5.32. The first kappa shape index (κ1) is 26.8. The molecule has 0 radical (unpaired) electrons. The summed E-state index contributed by atoms with van der Waals surface area (Å²) in [4.78, 5) is 48.2. The van der Waals surface area contributed by atoms with Crippen molar-refractivity contribution >= 4 is 23.8 Å². The Morgan fingerprint density at radius 2 is 1.45 bits per heavy atom. The molecule has 0 aliphatic heterocycles. The Bertz CT molecular complexity index is 581. The summed E-state index contributed by atoms with van der Waals surface area (Å²) in [6, 6.07) is 0. The van der Waals surface area contributed by atoms with E-state index in [4.69, 9.17) is 28.4 Å². The molecule has 29 heavy (non-hydrogen) atoms. The van der Waals surface area contributed by atoms with Gasteiger partial charge in [-0.05, 0) is 0 Å². The van der Waals surface area contributed by atoms with Gasteiger partial charge in [0.2, 0.25) is 11.6 Å². The zero-order valence-electron chi connectivity index (χ0n) is 18.2. The summed E-state index contributed by atoms with van der Waals surface area (Å²) in [5, 5.41) is 0. The molecule has 0 saturated carbocycles. The van der Waals surface area contributed by atoms with Gasteiger partial charge in [-0.3, -0.25) is 19.2 Å². The number of hydrogen-bond donors (Lipinski definition) is 0. The van der Waals surface area contributed by atoms with Crippen molar-refractivity contribution in [1.29, 1.82) is 0 Å². The van der Waals surface area contributed by atoms with E-state index >= 15 is 0 Å². The van der Waals surface area contributed by atoms with Crippen LogP contribution < -0.4 is 0 Å². The normalized spacial score (nSPS) is 16.0. The van der Waals surface area contributed by atoms with E-state index in [1.54, 1.807) is 0 Å². The summed E-state index contributed by atoms with van der Waals surface area (Å²) in [5.41, 5.74) is -1.78. The van der Waals surface area contributed by atoms with Gasteiger partial charge in [0.05, 0.1) is 6.61 Å². The highest BCUT2D eigenvalue weighted by Gasteiger charge is 2.54. The fourth-order valence-electron chi connectivity index (χ4n) is 2.79. The number of amides is 1. The largest absolute Gasteiger partial charge is 0.461 e. The maximum Gasteiger partial charge on any atom is 0.303 e. The molecule has 0 rings (SSSR count). The molecule has 0 aliphatic carbocycles. The average Bonchev–Trinajstić information content (AvgIpc) is 2.61. The second-order valence-corrected chi connectivity index (χ2v) is 6.24.